The van der Waals surface area contributed by atoms with Crippen LogP contribution in [0.3, 0.4) is 0 Å². The van der Waals surface area contributed by atoms with Crippen molar-refractivity contribution in [2.24, 2.45) is 0 Å². The number of rotatable bonds is 12. The summed E-state index contributed by atoms with van der Waals surface area (Å²) in [5.41, 5.74) is -0.617. The van der Waals surface area contributed by atoms with E-state index in [1.165, 1.54) is 0 Å². The number of alkyl carbamates (subject to hydrolysis) is 1. The summed E-state index contributed by atoms with van der Waals surface area (Å²) in [6.45, 7) is 1.16. The van der Waals surface area contributed by atoms with Gasteiger partial charge < -0.3 is 20.1 Å². The summed E-state index contributed by atoms with van der Waals surface area (Å²) < 4.78 is 67.5. The number of ether oxygens (including phenoxy) is 2. The van der Waals surface area contributed by atoms with Gasteiger partial charge in [-0.3, -0.25) is 9.48 Å². The average molecular weight is 627 g/mol. The summed E-state index contributed by atoms with van der Waals surface area (Å²) in [5, 5.41) is 8.58. The van der Waals surface area contributed by atoms with Crippen molar-refractivity contribution in [1.29, 1.82) is 0 Å². The van der Waals surface area contributed by atoms with Crippen LogP contribution in [0.1, 0.15) is 40.4 Å². The highest BCUT2D eigenvalue weighted by Crippen LogP contribution is 2.37. The highest BCUT2D eigenvalue weighted by Gasteiger charge is 2.37. The molecule has 236 valence electrons. The number of carbonyl (C=O) groups is 3. The maximum absolute atomic E-state index is 14.7. The fourth-order valence-electron chi connectivity index (χ4n) is 4.36. The van der Waals surface area contributed by atoms with Crippen LogP contribution in [0.2, 0.25) is 0 Å². The van der Waals surface area contributed by atoms with E-state index in [4.69, 9.17) is 9.47 Å². The number of alkyl halides is 3. The van der Waals surface area contributed by atoms with E-state index in [2.05, 4.69) is 15.7 Å². The molecule has 4 rings (SSSR count). The number of aryl methyl sites for hydroxylation is 1. The van der Waals surface area contributed by atoms with Gasteiger partial charge >= 0.3 is 18.2 Å². The third-order valence-corrected chi connectivity index (χ3v) is 6.49. The number of esters is 1. The van der Waals surface area contributed by atoms with Crippen LogP contribution < -0.4 is 10.6 Å². The molecule has 4 aromatic rings. The lowest BCUT2D eigenvalue weighted by Crippen LogP contribution is -2.49. The first kappa shape index (κ1) is 32.7. The van der Waals surface area contributed by atoms with Crippen LogP contribution >= 0.6 is 0 Å². The van der Waals surface area contributed by atoms with Crippen LogP contribution in [0.4, 0.5) is 22.4 Å². The molecule has 13 heteroatoms. The van der Waals surface area contributed by atoms with E-state index >= 15 is 0 Å². The number of nitrogens with zero attached hydrogens (tertiary/aromatic N) is 2. The molecule has 0 aliphatic heterocycles. The van der Waals surface area contributed by atoms with E-state index in [0.717, 1.165) is 22.9 Å². The van der Waals surface area contributed by atoms with Crippen LogP contribution in [0.25, 0.3) is 11.3 Å². The number of amides is 2. The van der Waals surface area contributed by atoms with Crippen LogP contribution in [0.15, 0.2) is 85.1 Å². The largest absolute Gasteiger partial charge is 0.459 e. The first-order valence-electron chi connectivity index (χ1n) is 13.9. The summed E-state index contributed by atoms with van der Waals surface area (Å²) in [6, 6.07) is 18.9. The molecule has 0 saturated carbocycles. The molecule has 1 aromatic heterocycles. The lowest BCUT2D eigenvalue weighted by atomic mass is 10.0. The van der Waals surface area contributed by atoms with Gasteiger partial charge in [0.1, 0.15) is 30.6 Å². The number of halogens is 4. The lowest BCUT2D eigenvalue weighted by molar-refractivity contribution is -0.147. The second kappa shape index (κ2) is 15.0. The third kappa shape index (κ3) is 9.15. The zero-order chi connectivity index (χ0) is 32.4. The number of carbonyl (C=O) groups excluding carboxylic acids is 3. The molecule has 9 nitrogen and oxygen atoms in total. The van der Waals surface area contributed by atoms with Crippen molar-refractivity contribution in [3.05, 3.63) is 113 Å². The number of aromatic nitrogens is 2. The molecule has 0 unspecified atom stereocenters. The Morgan fingerprint density at radius 1 is 0.911 bits per heavy atom. The maximum Gasteiger partial charge on any atom is 0.420 e. The molecular formula is C32H30F4N4O5. The molecule has 0 aliphatic carbocycles. The minimum Gasteiger partial charge on any atom is -0.459 e. The Morgan fingerprint density at radius 3 is 2.13 bits per heavy atom. The number of benzene rings is 3. The van der Waals surface area contributed by atoms with Crippen LogP contribution in [-0.2, 0) is 40.2 Å². The SMILES string of the molecule is CCCn1ncc(C(F)(F)F)c1-c1cc(F)cc(C(=O)NC[C@@H](NC(=O)OCc2ccccc2)C(=O)OCc2ccccc2)c1. The van der Waals surface area contributed by atoms with Gasteiger partial charge in [0.15, 0.2) is 0 Å². The van der Waals surface area contributed by atoms with Gasteiger partial charge in [-0.2, -0.15) is 18.3 Å². The van der Waals surface area contributed by atoms with Crippen molar-refractivity contribution >= 4 is 18.0 Å². The van der Waals surface area contributed by atoms with Gasteiger partial charge in [-0.25, -0.2) is 14.0 Å². The predicted octanol–water partition coefficient (Wildman–Crippen LogP) is 5.89. The first-order chi connectivity index (χ1) is 21.5. The standard InChI is InChI=1S/C32H30F4N4O5/c1-2-13-40-28(26(17-38-40)32(34,35)36)23-14-24(16-25(33)15-23)29(41)37-18-27(30(42)44-19-21-9-5-3-6-10-21)39-31(43)45-20-22-11-7-4-8-12-22/h3-12,14-17,27H,2,13,18-20H2,1H3,(H,37,41)(H,39,43)/t27-/m1/s1. The number of hydrogen-bond donors (Lipinski definition) is 2. The second-order valence-corrected chi connectivity index (χ2v) is 9.92. The Balaban J connectivity index is 1.51. The van der Waals surface area contributed by atoms with E-state index < -0.39 is 48.1 Å². The monoisotopic (exact) mass is 626 g/mol. The molecule has 0 aliphatic rings. The van der Waals surface area contributed by atoms with E-state index in [0.29, 0.717) is 23.7 Å². The summed E-state index contributed by atoms with van der Waals surface area (Å²) in [6.07, 6.45) is -4.63. The van der Waals surface area contributed by atoms with Crippen molar-refractivity contribution in [2.45, 2.75) is 45.3 Å². The molecule has 2 amide bonds. The zero-order valence-corrected chi connectivity index (χ0v) is 24.1. The number of hydrogen-bond acceptors (Lipinski definition) is 6. The molecule has 3 aromatic carbocycles. The smallest absolute Gasteiger partial charge is 0.420 e. The first-order valence-corrected chi connectivity index (χ1v) is 13.9. The minimum absolute atomic E-state index is 0.0919. The van der Waals surface area contributed by atoms with Crippen molar-refractivity contribution in [2.75, 3.05) is 6.54 Å². The Kier molecular flexibility index (Phi) is 10.9. The van der Waals surface area contributed by atoms with Gasteiger partial charge in [0.05, 0.1) is 11.9 Å². The Hall–Kier alpha value is -5.20. The van der Waals surface area contributed by atoms with Gasteiger partial charge in [-0.15, -0.1) is 0 Å². The maximum atomic E-state index is 14.7. The van der Waals surface area contributed by atoms with Crippen molar-refractivity contribution in [3.8, 4) is 11.3 Å². The molecule has 0 spiro atoms. The van der Waals surface area contributed by atoms with Gasteiger partial charge in [-0.05, 0) is 35.7 Å². The van der Waals surface area contributed by atoms with Crippen LogP contribution in [0, 0.1) is 5.82 Å². The summed E-state index contributed by atoms with van der Waals surface area (Å²) in [5.74, 6) is -2.77. The second-order valence-electron chi connectivity index (χ2n) is 9.92. The van der Waals surface area contributed by atoms with Gasteiger partial charge in [-0.1, -0.05) is 67.6 Å². The fourth-order valence-corrected chi connectivity index (χ4v) is 4.36. The van der Waals surface area contributed by atoms with Crippen LogP contribution in [-0.4, -0.2) is 40.3 Å². The fraction of sp³-hybridized carbons (Fsp3) is 0.250. The molecule has 2 N–H and O–H groups in total. The Labute approximate surface area is 256 Å². The van der Waals surface area contributed by atoms with Crippen molar-refractivity contribution in [1.82, 2.24) is 20.4 Å². The normalized spacial score (nSPS) is 11.8. The minimum atomic E-state index is -4.77. The molecular weight excluding hydrogens is 596 g/mol. The van der Waals surface area contributed by atoms with Crippen molar-refractivity contribution < 1.29 is 41.4 Å². The summed E-state index contributed by atoms with van der Waals surface area (Å²) >= 11 is 0. The summed E-state index contributed by atoms with van der Waals surface area (Å²) in [4.78, 5) is 38.6. The topological polar surface area (TPSA) is 112 Å². The van der Waals surface area contributed by atoms with E-state index in [9.17, 15) is 31.9 Å². The molecule has 1 heterocycles. The van der Waals surface area contributed by atoms with Crippen LogP contribution in [0.5, 0.6) is 0 Å². The van der Waals surface area contributed by atoms with Gasteiger partial charge in [0.25, 0.3) is 5.91 Å². The molecule has 1 atom stereocenters. The Bertz CT molecular complexity index is 1610. The van der Waals surface area contributed by atoms with Gasteiger partial charge in [0, 0.05) is 24.2 Å². The van der Waals surface area contributed by atoms with Crippen molar-refractivity contribution in [3.63, 3.8) is 0 Å². The highest BCUT2D eigenvalue weighted by molar-refractivity contribution is 5.96. The molecule has 0 bridgehead atoms. The third-order valence-electron chi connectivity index (χ3n) is 6.49. The van der Waals surface area contributed by atoms with E-state index in [-0.39, 0.29) is 36.6 Å². The molecule has 0 fully saturated rings. The quantitative estimate of drug-likeness (QED) is 0.150. The highest BCUT2D eigenvalue weighted by atomic mass is 19.4. The molecule has 45 heavy (non-hydrogen) atoms. The van der Waals surface area contributed by atoms with Gasteiger partial charge in [0.2, 0.25) is 0 Å². The molecule has 0 radical (unpaired) electrons. The molecule has 0 saturated heterocycles. The average Bonchev–Trinajstić information content (AvgIpc) is 3.46. The predicted molar refractivity (Wildman–Crippen MR) is 155 cm³/mol. The lowest BCUT2D eigenvalue weighted by Gasteiger charge is -2.19. The number of nitrogens with one attached hydrogen (secondary N) is 2. The Morgan fingerprint density at radius 2 is 1.53 bits per heavy atom. The van der Waals surface area contributed by atoms with E-state index in [1.807, 2.05) is 0 Å². The summed E-state index contributed by atoms with van der Waals surface area (Å²) in [7, 11) is 0. The van der Waals surface area contributed by atoms with E-state index in [1.54, 1.807) is 67.6 Å². The zero-order valence-electron chi connectivity index (χ0n) is 24.1.